The van der Waals surface area contributed by atoms with E-state index >= 15 is 0 Å². The van der Waals surface area contributed by atoms with Crippen molar-refractivity contribution in [2.75, 3.05) is 5.75 Å². The van der Waals surface area contributed by atoms with Crippen LogP contribution in [0, 0.1) is 0 Å². The Hall–Kier alpha value is 0.956. The fourth-order valence-electron chi connectivity index (χ4n) is 0.525. The van der Waals surface area contributed by atoms with Crippen LogP contribution in [-0.2, 0) is 14.9 Å². The summed E-state index contributed by atoms with van der Waals surface area (Å²) in [5.41, 5.74) is 0. The summed E-state index contributed by atoms with van der Waals surface area (Å²) in [4.78, 5) is 10.5. The van der Waals surface area contributed by atoms with Crippen LogP contribution >= 0.6 is 0 Å². The van der Waals surface area contributed by atoms with Crippen molar-refractivity contribution in [1.82, 2.24) is 0 Å². The Morgan fingerprint density at radius 3 is 2.33 bits per heavy atom. The Labute approximate surface area is 115 Å². The zero-order valence-electron chi connectivity index (χ0n) is 6.95. The molecule has 0 aromatic heterocycles. The molecule has 0 aliphatic rings. The van der Waals surface area contributed by atoms with Gasteiger partial charge in [-0.3, -0.25) is 4.79 Å². The van der Waals surface area contributed by atoms with E-state index in [0.29, 0.717) is 0 Å². The van der Waals surface area contributed by atoms with E-state index in [1.54, 1.807) is 0 Å². The Morgan fingerprint density at radius 1 is 1.50 bits per heavy atom. The molecule has 0 aromatic carbocycles. The van der Waals surface area contributed by atoms with Gasteiger partial charge in [-0.25, -0.2) is 8.42 Å². The second-order valence-corrected chi connectivity index (χ2v) is 3.56. The maximum absolute atomic E-state index is 10.5. The third-order valence-corrected chi connectivity index (χ3v) is 1.83. The van der Waals surface area contributed by atoms with Gasteiger partial charge in [-0.05, 0) is 12.5 Å². The van der Waals surface area contributed by atoms with E-state index in [-0.39, 0.29) is 70.0 Å². The largest absolute Gasteiger partial charge is 1.00 e. The van der Waals surface area contributed by atoms with Crippen LogP contribution in [-0.4, -0.2) is 24.5 Å². The standard InChI is InChI=1S/C6H10O4S.K/c1-2-6(7)4-3-5-11(8,9)10;/h2H,1,3-5H2,(H,8,9,10);/q;+1/p-1. The Balaban J connectivity index is 0. The first-order valence-electron chi connectivity index (χ1n) is 3.04. The number of rotatable bonds is 5. The molecule has 0 spiro atoms. The van der Waals surface area contributed by atoms with Gasteiger partial charge in [0, 0.05) is 12.2 Å². The predicted octanol–water partition coefficient (Wildman–Crippen LogP) is -2.93. The summed E-state index contributed by atoms with van der Waals surface area (Å²) in [6, 6.07) is 0. The molecule has 0 fully saturated rings. The van der Waals surface area contributed by atoms with Crippen molar-refractivity contribution in [3.63, 3.8) is 0 Å². The topological polar surface area (TPSA) is 74.3 Å². The van der Waals surface area contributed by atoms with Crippen LogP contribution in [0.5, 0.6) is 0 Å². The minimum absolute atomic E-state index is 0. The SMILES string of the molecule is C=CC(=O)CCCS(=O)(=O)[O-].[K+]. The van der Waals surface area contributed by atoms with Crippen molar-refractivity contribution in [2.45, 2.75) is 12.8 Å². The number of carbonyl (C=O) groups is 1. The third-order valence-electron chi connectivity index (χ3n) is 1.05. The number of carbonyl (C=O) groups excluding carboxylic acids is 1. The first-order chi connectivity index (χ1) is 4.95. The van der Waals surface area contributed by atoms with Crippen molar-refractivity contribution < 1.29 is 69.1 Å². The van der Waals surface area contributed by atoms with E-state index in [9.17, 15) is 17.8 Å². The third kappa shape index (κ3) is 11.0. The van der Waals surface area contributed by atoms with Gasteiger partial charge in [0.2, 0.25) is 0 Å². The summed E-state index contributed by atoms with van der Waals surface area (Å²) in [7, 11) is -4.16. The van der Waals surface area contributed by atoms with Crippen LogP contribution in [0.4, 0.5) is 0 Å². The molecule has 0 atom stereocenters. The molecule has 0 rings (SSSR count). The minimum atomic E-state index is -4.16. The molecule has 0 aliphatic carbocycles. The molecule has 0 N–H and O–H groups in total. The van der Waals surface area contributed by atoms with Crippen LogP contribution in [0.25, 0.3) is 0 Å². The summed E-state index contributed by atoms with van der Waals surface area (Å²) in [5.74, 6) is -0.722. The molecule has 0 amide bonds. The molecular formula is C6H9KO4S. The van der Waals surface area contributed by atoms with E-state index in [0.717, 1.165) is 6.08 Å². The maximum atomic E-state index is 10.5. The van der Waals surface area contributed by atoms with Crippen LogP contribution in [0.1, 0.15) is 12.8 Å². The van der Waals surface area contributed by atoms with Crippen LogP contribution in [0.2, 0.25) is 0 Å². The fraction of sp³-hybridized carbons (Fsp3) is 0.500. The second-order valence-electron chi connectivity index (χ2n) is 2.04. The molecule has 0 saturated heterocycles. The molecule has 0 saturated carbocycles. The number of hydrogen-bond acceptors (Lipinski definition) is 4. The molecule has 12 heavy (non-hydrogen) atoms. The first kappa shape index (κ1) is 15.4. The number of ketones is 1. The van der Waals surface area contributed by atoms with Gasteiger partial charge in [0.05, 0.1) is 10.1 Å². The van der Waals surface area contributed by atoms with Gasteiger partial charge in [0.15, 0.2) is 5.78 Å². The molecule has 0 bridgehead atoms. The first-order valence-corrected chi connectivity index (χ1v) is 4.62. The summed E-state index contributed by atoms with van der Waals surface area (Å²) < 4.78 is 30.0. The summed E-state index contributed by atoms with van der Waals surface area (Å²) in [6.07, 6.45) is 1.26. The van der Waals surface area contributed by atoms with E-state index < -0.39 is 15.9 Å². The molecule has 64 valence electrons. The van der Waals surface area contributed by atoms with Crippen LogP contribution in [0.3, 0.4) is 0 Å². The van der Waals surface area contributed by atoms with Crippen molar-refractivity contribution in [3.05, 3.63) is 12.7 Å². The predicted molar refractivity (Wildman–Crippen MR) is 39.0 cm³/mol. The summed E-state index contributed by atoms with van der Waals surface area (Å²) >= 11 is 0. The number of hydrogen-bond donors (Lipinski definition) is 0. The van der Waals surface area contributed by atoms with Gasteiger partial charge in [-0.15, -0.1) is 0 Å². The Kier molecular flexibility index (Phi) is 9.47. The van der Waals surface area contributed by atoms with Crippen molar-refractivity contribution >= 4 is 15.9 Å². The van der Waals surface area contributed by atoms with E-state index in [2.05, 4.69) is 6.58 Å². The van der Waals surface area contributed by atoms with Crippen LogP contribution in [0.15, 0.2) is 12.7 Å². The summed E-state index contributed by atoms with van der Waals surface area (Å²) in [6.45, 7) is 3.20. The molecule has 0 unspecified atom stereocenters. The Morgan fingerprint density at radius 2 is 2.00 bits per heavy atom. The molecular weight excluding hydrogens is 207 g/mol. The van der Waals surface area contributed by atoms with Gasteiger partial charge in [0.1, 0.15) is 0 Å². The zero-order valence-corrected chi connectivity index (χ0v) is 10.9. The fourth-order valence-corrected chi connectivity index (χ4v) is 1.02. The van der Waals surface area contributed by atoms with Gasteiger partial charge in [-0.2, -0.15) is 0 Å². The van der Waals surface area contributed by atoms with E-state index in [1.807, 2.05) is 0 Å². The van der Waals surface area contributed by atoms with E-state index in [4.69, 9.17) is 0 Å². The van der Waals surface area contributed by atoms with E-state index in [1.165, 1.54) is 0 Å². The molecule has 4 nitrogen and oxygen atoms in total. The molecule has 6 heteroatoms. The molecule has 0 aliphatic heterocycles. The maximum Gasteiger partial charge on any atom is 1.00 e. The van der Waals surface area contributed by atoms with Crippen LogP contribution < -0.4 is 51.4 Å². The average molecular weight is 216 g/mol. The normalized spacial score (nSPS) is 10.1. The van der Waals surface area contributed by atoms with Crippen molar-refractivity contribution in [3.8, 4) is 0 Å². The number of allylic oxidation sites excluding steroid dienone is 1. The quantitative estimate of drug-likeness (QED) is 0.280. The molecule has 0 aromatic rings. The van der Waals surface area contributed by atoms with Gasteiger partial charge in [-0.1, -0.05) is 6.58 Å². The zero-order chi connectivity index (χ0) is 8.91. The van der Waals surface area contributed by atoms with Crippen molar-refractivity contribution in [2.24, 2.45) is 0 Å². The van der Waals surface area contributed by atoms with Crippen molar-refractivity contribution in [1.29, 1.82) is 0 Å². The minimum Gasteiger partial charge on any atom is -0.748 e. The second kappa shape index (κ2) is 7.37. The Bertz CT molecular complexity index is 244. The molecule has 0 heterocycles. The smallest absolute Gasteiger partial charge is 0.748 e. The summed E-state index contributed by atoms with van der Waals surface area (Å²) in [5, 5.41) is 0. The van der Waals surface area contributed by atoms with Gasteiger partial charge >= 0.3 is 51.4 Å². The van der Waals surface area contributed by atoms with Gasteiger partial charge < -0.3 is 4.55 Å². The molecule has 0 radical (unpaired) electrons. The average Bonchev–Trinajstić information content (AvgIpc) is 1.85. The monoisotopic (exact) mass is 216 g/mol. The van der Waals surface area contributed by atoms with Gasteiger partial charge in [0.25, 0.3) is 0 Å².